The molecule has 1 amide bonds. The lowest BCUT2D eigenvalue weighted by Gasteiger charge is -2.20. The van der Waals surface area contributed by atoms with Crippen molar-refractivity contribution in [2.45, 2.75) is 25.7 Å². The molecule has 1 aliphatic rings. The molecular weight excluding hydrogens is 428 g/mol. The maximum Gasteiger partial charge on any atom is 0.255 e. The first-order valence-electron chi connectivity index (χ1n) is 9.95. The van der Waals surface area contributed by atoms with Gasteiger partial charge in [0.1, 0.15) is 0 Å². The summed E-state index contributed by atoms with van der Waals surface area (Å²) >= 11 is 3.38. The van der Waals surface area contributed by atoms with Crippen LogP contribution in [0.4, 0.5) is 11.5 Å². The second kappa shape index (κ2) is 9.18. The molecule has 3 aromatic rings. The summed E-state index contributed by atoms with van der Waals surface area (Å²) in [6.45, 7) is 2.09. The first-order chi connectivity index (χ1) is 14.2. The van der Waals surface area contributed by atoms with Crippen LogP contribution in [0.2, 0.25) is 0 Å². The van der Waals surface area contributed by atoms with E-state index in [9.17, 15) is 4.79 Å². The molecule has 0 aliphatic carbocycles. The number of rotatable bonds is 4. The summed E-state index contributed by atoms with van der Waals surface area (Å²) in [5, 5.41) is 11.8. The Morgan fingerprint density at radius 1 is 0.897 bits per heavy atom. The van der Waals surface area contributed by atoms with Crippen LogP contribution in [0.15, 0.2) is 65.1 Å². The number of carbonyl (C=O) groups is 1. The summed E-state index contributed by atoms with van der Waals surface area (Å²) in [4.78, 5) is 14.8. The molecule has 5 nitrogen and oxygen atoms in total. The van der Waals surface area contributed by atoms with Crippen LogP contribution < -0.4 is 10.2 Å². The Balaban J connectivity index is 1.48. The SMILES string of the molecule is O=C(Nc1cccc(-c2ccc(N3CCCCCC3)nn2)c1)c1ccc(Br)cc1. The highest BCUT2D eigenvalue weighted by atomic mass is 79.9. The van der Waals surface area contributed by atoms with E-state index in [4.69, 9.17) is 0 Å². The summed E-state index contributed by atoms with van der Waals surface area (Å²) in [6.07, 6.45) is 5.01. The van der Waals surface area contributed by atoms with E-state index in [0.29, 0.717) is 5.56 Å². The van der Waals surface area contributed by atoms with Crippen LogP contribution >= 0.6 is 15.9 Å². The number of hydrogen-bond donors (Lipinski definition) is 1. The molecule has 29 heavy (non-hydrogen) atoms. The number of aromatic nitrogens is 2. The first kappa shape index (κ1) is 19.6. The Bertz CT molecular complexity index is 965. The molecule has 0 saturated carbocycles. The molecule has 1 fully saturated rings. The van der Waals surface area contributed by atoms with Crippen molar-refractivity contribution in [3.63, 3.8) is 0 Å². The van der Waals surface area contributed by atoms with Crippen molar-refractivity contribution in [1.82, 2.24) is 10.2 Å². The number of carbonyl (C=O) groups excluding carboxylic acids is 1. The van der Waals surface area contributed by atoms with Crippen LogP contribution in [0.25, 0.3) is 11.3 Å². The van der Waals surface area contributed by atoms with Gasteiger partial charge >= 0.3 is 0 Å². The third-order valence-electron chi connectivity index (χ3n) is 5.10. The molecule has 4 rings (SSSR count). The Hall–Kier alpha value is -2.73. The van der Waals surface area contributed by atoms with Gasteiger partial charge in [-0.25, -0.2) is 0 Å². The van der Waals surface area contributed by atoms with Crippen LogP contribution in [0, 0.1) is 0 Å². The van der Waals surface area contributed by atoms with E-state index in [-0.39, 0.29) is 5.91 Å². The minimum Gasteiger partial charge on any atom is -0.355 e. The van der Waals surface area contributed by atoms with Crippen molar-refractivity contribution in [3.05, 3.63) is 70.7 Å². The summed E-state index contributed by atoms with van der Waals surface area (Å²) in [5.41, 5.74) is 3.06. The second-order valence-corrected chi connectivity index (χ2v) is 8.14. The van der Waals surface area contributed by atoms with E-state index in [1.54, 1.807) is 12.1 Å². The maximum absolute atomic E-state index is 12.5. The average molecular weight is 451 g/mol. The van der Waals surface area contributed by atoms with Crippen LogP contribution in [0.3, 0.4) is 0 Å². The van der Waals surface area contributed by atoms with Gasteiger partial charge in [-0.15, -0.1) is 10.2 Å². The van der Waals surface area contributed by atoms with E-state index in [2.05, 4.69) is 36.3 Å². The van der Waals surface area contributed by atoms with E-state index in [1.807, 2.05) is 48.5 Å². The fourth-order valence-electron chi connectivity index (χ4n) is 3.51. The van der Waals surface area contributed by atoms with E-state index >= 15 is 0 Å². The quantitative estimate of drug-likeness (QED) is 0.566. The van der Waals surface area contributed by atoms with Gasteiger partial charge in [-0.05, 0) is 61.4 Å². The standard InChI is InChI=1S/C23H23BrN4O/c24-19-10-8-17(9-11-19)23(29)25-20-7-5-6-18(16-20)21-12-13-22(27-26-21)28-14-3-1-2-4-15-28/h5-13,16H,1-4,14-15H2,(H,25,29). The molecule has 2 aromatic carbocycles. The number of halogens is 1. The molecule has 1 aliphatic heterocycles. The van der Waals surface area contributed by atoms with E-state index in [1.165, 1.54) is 25.7 Å². The zero-order chi connectivity index (χ0) is 20.1. The summed E-state index contributed by atoms with van der Waals surface area (Å²) in [7, 11) is 0. The van der Waals surface area contributed by atoms with Crippen molar-refractivity contribution in [3.8, 4) is 11.3 Å². The van der Waals surface area contributed by atoms with Gasteiger partial charge in [0.25, 0.3) is 5.91 Å². The van der Waals surface area contributed by atoms with Crippen molar-refractivity contribution in [2.75, 3.05) is 23.3 Å². The molecule has 0 spiro atoms. The molecule has 0 bridgehead atoms. The van der Waals surface area contributed by atoms with Crippen LogP contribution in [0.1, 0.15) is 36.0 Å². The first-order valence-corrected chi connectivity index (χ1v) is 10.7. The normalized spacial score (nSPS) is 14.3. The number of anilines is 2. The van der Waals surface area contributed by atoms with Crippen molar-refractivity contribution >= 4 is 33.3 Å². The average Bonchev–Trinajstić information content (AvgIpc) is 3.04. The molecule has 0 unspecified atom stereocenters. The van der Waals surface area contributed by atoms with Gasteiger partial charge in [0.05, 0.1) is 5.69 Å². The molecule has 1 N–H and O–H groups in total. The van der Waals surface area contributed by atoms with E-state index < -0.39 is 0 Å². The predicted octanol–water partition coefficient (Wildman–Crippen LogP) is 5.54. The number of amides is 1. The predicted molar refractivity (Wildman–Crippen MR) is 120 cm³/mol. The van der Waals surface area contributed by atoms with Gasteiger partial charge in [-0.3, -0.25) is 4.79 Å². The van der Waals surface area contributed by atoms with Gasteiger partial charge in [-0.1, -0.05) is 40.9 Å². The number of nitrogens with one attached hydrogen (secondary N) is 1. The summed E-state index contributed by atoms with van der Waals surface area (Å²) in [5.74, 6) is 0.799. The Morgan fingerprint density at radius 2 is 1.66 bits per heavy atom. The lowest BCUT2D eigenvalue weighted by Crippen LogP contribution is -2.25. The van der Waals surface area contributed by atoms with Crippen LogP contribution in [-0.4, -0.2) is 29.2 Å². The van der Waals surface area contributed by atoms with Crippen molar-refractivity contribution < 1.29 is 4.79 Å². The molecule has 0 radical (unpaired) electrons. The zero-order valence-electron chi connectivity index (χ0n) is 16.1. The maximum atomic E-state index is 12.5. The molecule has 148 valence electrons. The van der Waals surface area contributed by atoms with Gasteiger partial charge in [0.15, 0.2) is 5.82 Å². The zero-order valence-corrected chi connectivity index (χ0v) is 17.7. The summed E-state index contributed by atoms with van der Waals surface area (Å²) < 4.78 is 0.943. The number of benzene rings is 2. The molecule has 6 heteroatoms. The largest absolute Gasteiger partial charge is 0.355 e. The highest BCUT2D eigenvalue weighted by Gasteiger charge is 2.12. The third kappa shape index (κ3) is 5.01. The van der Waals surface area contributed by atoms with Crippen LogP contribution in [0.5, 0.6) is 0 Å². The molecule has 2 heterocycles. The minimum absolute atomic E-state index is 0.141. The highest BCUT2D eigenvalue weighted by molar-refractivity contribution is 9.10. The lowest BCUT2D eigenvalue weighted by atomic mass is 10.1. The van der Waals surface area contributed by atoms with Crippen molar-refractivity contribution in [2.24, 2.45) is 0 Å². The van der Waals surface area contributed by atoms with Gasteiger partial charge < -0.3 is 10.2 Å². The number of nitrogens with zero attached hydrogens (tertiary/aromatic N) is 3. The van der Waals surface area contributed by atoms with Gasteiger partial charge in [0, 0.05) is 34.4 Å². The third-order valence-corrected chi connectivity index (χ3v) is 5.63. The lowest BCUT2D eigenvalue weighted by molar-refractivity contribution is 0.102. The molecule has 0 atom stereocenters. The fraction of sp³-hybridized carbons (Fsp3) is 0.261. The molecule has 1 aromatic heterocycles. The van der Waals surface area contributed by atoms with E-state index in [0.717, 1.165) is 40.3 Å². The highest BCUT2D eigenvalue weighted by Crippen LogP contribution is 2.23. The topological polar surface area (TPSA) is 58.1 Å². The minimum atomic E-state index is -0.141. The molecule has 1 saturated heterocycles. The Kier molecular flexibility index (Phi) is 6.20. The van der Waals surface area contributed by atoms with Gasteiger partial charge in [0.2, 0.25) is 0 Å². The van der Waals surface area contributed by atoms with Gasteiger partial charge in [-0.2, -0.15) is 0 Å². The Labute approximate surface area is 179 Å². The summed E-state index contributed by atoms with van der Waals surface area (Å²) in [6, 6.07) is 19.0. The number of hydrogen-bond acceptors (Lipinski definition) is 4. The molecular formula is C23H23BrN4O. The smallest absolute Gasteiger partial charge is 0.255 e. The second-order valence-electron chi connectivity index (χ2n) is 7.22. The Morgan fingerprint density at radius 3 is 2.34 bits per heavy atom. The monoisotopic (exact) mass is 450 g/mol. The van der Waals surface area contributed by atoms with Crippen molar-refractivity contribution in [1.29, 1.82) is 0 Å². The van der Waals surface area contributed by atoms with Crippen LogP contribution in [-0.2, 0) is 0 Å². The fourth-order valence-corrected chi connectivity index (χ4v) is 3.77.